The molecule has 6 rings (SSSR count). The van der Waals surface area contributed by atoms with Crippen molar-refractivity contribution in [2.75, 3.05) is 44.6 Å². The number of halogens is 2. The van der Waals surface area contributed by atoms with E-state index in [1.54, 1.807) is 10.4 Å². The number of anilines is 1. The highest BCUT2D eigenvalue weighted by atomic mass is 32.2. The van der Waals surface area contributed by atoms with Crippen molar-refractivity contribution in [1.29, 1.82) is 0 Å². The number of sulfonamides is 1. The molecular weight excluding hydrogens is 550 g/mol. The van der Waals surface area contributed by atoms with Crippen LogP contribution in [0.4, 0.5) is 14.7 Å². The minimum Gasteiger partial charge on any atom is -0.351 e. The number of nitrogens with zero attached hydrogens (tertiary/aromatic N) is 6. The molecule has 3 fully saturated rings. The lowest BCUT2D eigenvalue weighted by atomic mass is 10.0. The monoisotopic (exact) mass is 588 g/mol. The lowest BCUT2D eigenvalue weighted by Gasteiger charge is -2.43. The molecule has 3 saturated heterocycles. The number of fused-ring (bicyclic) bond motifs is 1. The number of aryl methyl sites for hydroxylation is 1. The summed E-state index contributed by atoms with van der Waals surface area (Å²) < 4.78 is 60.2. The van der Waals surface area contributed by atoms with Gasteiger partial charge in [-0.15, -0.1) is 0 Å². The minimum atomic E-state index is -3.36. The molecular formula is C28H38F2N8O2S. The zero-order chi connectivity index (χ0) is 28.9. The molecule has 2 N–H and O–H groups in total. The number of piperidine rings is 2. The molecule has 10 nitrogen and oxygen atoms in total. The van der Waals surface area contributed by atoms with Crippen molar-refractivity contribution in [3.8, 4) is 11.3 Å². The standard InChI is InChI=1S/C28H38F2N8O2S/c1-17(2)38-18(3)33-27-23(29)12-19(13-25(27)38)26-24(30)16-32-28(35-26)34-20-4-10-37(11-5-20)41(39,40)22-6-8-36(9-7-22)21-14-31-15-21/h12-13,16-17,20-22,31H,4-11,14-15H2,1-3H3,(H,32,34,35). The van der Waals surface area contributed by atoms with Gasteiger partial charge in [0.1, 0.15) is 17.0 Å². The van der Waals surface area contributed by atoms with Crippen molar-refractivity contribution in [2.24, 2.45) is 0 Å². The maximum absolute atomic E-state index is 15.0. The van der Waals surface area contributed by atoms with E-state index in [-0.39, 0.29) is 34.5 Å². The van der Waals surface area contributed by atoms with E-state index >= 15 is 4.39 Å². The number of benzene rings is 1. The van der Waals surface area contributed by atoms with Gasteiger partial charge in [0.15, 0.2) is 11.6 Å². The van der Waals surface area contributed by atoms with Crippen LogP contribution in [0.25, 0.3) is 22.3 Å². The normalized spacial score (nSPS) is 20.6. The molecule has 3 aliphatic rings. The number of likely N-dealkylation sites (tertiary alicyclic amines) is 1. The quantitative estimate of drug-likeness (QED) is 0.433. The summed E-state index contributed by atoms with van der Waals surface area (Å²) in [5.41, 5.74) is 1.14. The van der Waals surface area contributed by atoms with E-state index in [1.807, 2.05) is 25.3 Å². The van der Waals surface area contributed by atoms with Crippen LogP contribution in [0.2, 0.25) is 0 Å². The van der Waals surface area contributed by atoms with E-state index in [9.17, 15) is 12.8 Å². The highest BCUT2D eigenvalue weighted by molar-refractivity contribution is 7.89. The van der Waals surface area contributed by atoms with E-state index in [4.69, 9.17) is 0 Å². The molecule has 1 aromatic carbocycles. The van der Waals surface area contributed by atoms with Crippen LogP contribution in [-0.2, 0) is 10.0 Å². The summed E-state index contributed by atoms with van der Waals surface area (Å²) in [5.74, 6) is -0.273. The smallest absolute Gasteiger partial charge is 0.223 e. The second kappa shape index (κ2) is 11.2. The first kappa shape index (κ1) is 28.4. The van der Waals surface area contributed by atoms with Crippen LogP contribution in [-0.4, -0.2) is 93.7 Å². The van der Waals surface area contributed by atoms with Crippen LogP contribution in [0.15, 0.2) is 18.3 Å². The molecule has 5 heterocycles. The molecule has 13 heteroatoms. The molecule has 0 spiro atoms. The van der Waals surface area contributed by atoms with Crippen LogP contribution in [0, 0.1) is 18.6 Å². The van der Waals surface area contributed by atoms with Gasteiger partial charge in [0.2, 0.25) is 16.0 Å². The van der Waals surface area contributed by atoms with Gasteiger partial charge in [-0.1, -0.05) is 0 Å². The van der Waals surface area contributed by atoms with Crippen molar-refractivity contribution >= 4 is 27.0 Å². The molecule has 41 heavy (non-hydrogen) atoms. The fourth-order valence-corrected chi connectivity index (χ4v) is 8.36. The van der Waals surface area contributed by atoms with Crippen LogP contribution < -0.4 is 10.6 Å². The third-order valence-electron chi connectivity index (χ3n) is 8.78. The van der Waals surface area contributed by atoms with Gasteiger partial charge in [-0.05, 0) is 71.7 Å². The summed E-state index contributed by atoms with van der Waals surface area (Å²) in [6.45, 7) is 10.3. The summed E-state index contributed by atoms with van der Waals surface area (Å²) in [6, 6.07) is 3.51. The van der Waals surface area contributed by atoms with Crippen molar-refractivity contribution in [3.05, 3.63) is 35.8 Å². The van der Waals surface area contributed by atoms with Gasteiger partial charge >= 0.3 is 0 Å². The Kier molecular flexibility index (Phi) is 7.72. The van der Waals surface area contributed by atoms with Crippen LogP contribution >= 0.6 is 0 Å². The molecule has 222 valence electrons. The number of nitrogens with one attached hydrogen (secondary N) is 2. The third-order valence-corrected chi connectivity index (χ3v) is 11.2. The number of aromatic nitrogens is 4. The Balaban J connectivity index is 1.12. The minimum absolute atomic E-state index is 0.00139. The fraction of sp³-hybridized carbons (Fsp3) is 0.607. The van der Waals surface area contributed by atoms with Gasteiger partial charge < -0.3 is 15.2 Å². The zero-order valence-electron chi connectivity index (χ0n) is 23.8. The average molecular weight is 589 g/mol. The Bertz CT molecular complexity index is 1530. The van der Waals surface area contributed by atoms with E-state index in [0.29, 0.717) is 61.7 Å². The Morgan fingerprint density at radius 2 is 1.71 bits per heavy atom. The van der Waals surface area contributed by atoms with Crippen molar-refractivity contribution in [3.63, 3.8) is 0 Å². The second-order valence-electron chi connectivity index (χ2n) is 11.7. The molecule has 2 aromatic heterocycles. The Morgan fingerprint density at radius 3 is 2.34 bits per heavy atom. The molecule has 3 aromatic rings. The van der Waals surface area contributed by atoms with Gasteiger partial charge in [0.25, 0.3) is 0 Å². The van der Waals surface area contributed by atoms with Crippen molar-refractivity contribution in [2.45, 2.75) is 69.8 Å². The number of imidazole rings is 1. The third kappa shape index (κ3) is 5.44. The first-order chi connectivity index (χ1) is 19.6. The Labute approximate surface area is 239 Å². The largest absolute Gasteiger partial charge is 0.351 e. The van der Waals surface area contributed by atoms with Crippen LogP contribution in [0.3, 0.4) is 0 Å². The fourth-order valence-electron chi connectivity index (χ4n) is 6.41. The second-order valence-corrected chi connectivity index (χ2v) is 14.0. The predicted molar refractivity (Wildman–Crippen MR) is 154 cm³/mol. The maximum Gasteiger partial charge on any atom is 0.223 e. The maximum atomic E-state index is 15.0. The molecule has 0 bridgehead atoms. The summed E-state index contributed by atoms with van der Waals surface area (Å²) in [6.07, 6.45) is 3.62. The van der Waals surface area contributed by atoms with Crippen LogP contribution in [0.1, 0.15) is 51.4 Å². The lowest BCUT2D eigenvalue weighted by molar-refractivity contribution is 0.121. The van der Waals surface area contributed by atoms with Gasteiger partial charge in [-0.25, -0.2) is 36.5 Å². The number of hydrogen-bond acceptors (Lipinski definition) is 8. The average Bonchev–Trinajstić information content (AvgIpc) is 3.26. The van der Waals surface area contributed by atoms with Gasteiger partial charge in [0.05, 0.1) is 17.0 Å². The predicted octanol–water partition coefficient (Wildman–Crippen LogP) is 3.30. The Morgan fingerprint density at radius 1 is 1.00 bits per heavy atom. The summed E-state index contributed by atoms with van der Waals surface area (Å²) in [5, 5.41) is 6.21. The molecule has 0 radical (unpaired) electrons. The van der Waals surface area contributed by atoms with Gasteiger partial charge in [-0.2, -0.15) is 0 Å². The van der Waals surface area contributed by atoms with E-state index in [2.05, 4.69) is 30.5 Å². The zero-order valence-corrected chi connectivity index (χ0v) is 24.6. The molecule has 0 saturated carbocycles. The first-order valence-corrected chi connectivity index (χ1v) is 16.0. The van der Waals surface area contributed by atoms with E-state index in [1.165, 1.54) is 6.07 Å². The number of rotatable bonds is 7. The molecule has 0 atom stereocenters. The molecule has 3 aliphatic heterocycles. The summed E-state index contributed by atoms with van der Waals surface area (Å²) in [4.78, 5) is 15.3. The highest BCUT2D eigenvalue weighted by Crippen LogP contribution is 2.31. The topological polar surface area (TPSA) is 108 Å². The van der Waals surface area contributed by atoms with Crippen molar-refractivity contribution < 1.29 is 17.2 Å². The molecule has 0 amide bonds. The number of hydrogen-bond donors (Lipinski definition) is 2. The first-order valence-electron chi connectivity index (χ1n) is 14.5. The van der Waals surface area contributed by atoms with Crippen LogP contribution in [0.5, 0.6) is 0 Å². The van der Waals surface area contributed by atoms with Gasteiger partial charge in [0, 0.05) is 49.9 Å². The van der Waals surface area contributed by atoms with E-state index in [0.717, 1.165) is 32.4 Å². The summed E-state index contributed by atoms with van der Waals surface area (Å²) >= 11 is 0. The highest BCUT2D eigenvalue weighted by Gasteiger charge is 2.38. The summed E-state index contributed by atoms with van der Waals surface area (Å²) in [7, 11) is -3.36. The molecule has 0 aliphatic carbocycles. The Hall–Kier alpha value is -2.74. The molecule has 0 unspecified atom stereocenters. The van der Waals surface area contributed by atoms with Crippen molar-refractivity contribution in [1.82, 2.24) is 34.0 Å². The van der Waals surface area contributed by atoms with E-state index < -0.39 is 21.7 Å². The SMILES string of the molecule is Cc1nc2c(F)cc(-c3nc(NC4CCN(S(=O)(=O)C5CCN(C6CNC6)CC5)CC4)ncc3F)cc2n1C(C)C. The lowest BCUT2D eigenvalue weighted by Crippen LogP contribution is -2.60. The van der Waals surface area contributed by atoms with Gasteiger partial charge in [-0.3, -0.25) is 4.90 Å².